The van der Waals surface area contributed by atoms with Crippen LogP contribution in [0.4, 0.5) is 0 Å². The van der Waals surface area contributed by atoms with Crippen molar-refractivity contribution in [2.75, 3.05) is 0 Å². The topological polar surface area (TPSA) is 26.3 Å². The molecule has 0 fully saturated rings. The van der Waals surface area contributed by atoms with Gasteiger partial charge in [-0.25, -0.2) is 4.79 Å². The first-order chi connectivity index (χ1) is 8.16. The van der Waals surface area contributed by atoms with E-state index in [1.807, 2.05) is 6.08 Å². The molecule has 0 radical (unpaired) electrons. The predicted octanol–water partition coefficient (Wildman–Crippen LogP) is 4.81. The van der Waals surface area contributed by atoms with Gasteiger partial charge in [-0.15, -0.1) is 0 Å². The number of hydrogen-bond donors (Lipinski definition) is 0. The van der Waals surface area contributed by atoms with E-state index >= 15 is 0 Å². The number of ether oxygens (including phenoxy) is 1. The van der Waals surface area contributed by atoms with Crippen LogP contribution in [0.2, 0.25) is 0 Å². The summed E-state index contributed by atoms with van der Waals surface area (Å²) in [6.07, 6.45) is 4.85. The number of esters is 1. The van der Waals surface area contributed by atoms with Gasteiger partial charge in [-0.1, -0.05) is 39.8 Å². The van der Waals surface area contributed by atoms with Crippen LogP contribution in [-0.4, -0.2) is 5.97 Å². The summed E-state index contributed by atoms with van der Waals surface area (Å²) in [6, 6.07) is 0. The fourth-order valence-corrected chi connectivity index (χ4v) is 2.80. The van der Waals surface area contributed by atoms with E-state index in [0.29, 0.717) is 14.7 Å². The van der Waals surface area contributed by atoms with Gasteiger partial charge >= 0.3 is 5.97 Å². The lowest BCUT2D eigenvalue weighted by molar-refractivity contribution is -0.132. The highest BCUT2D eigenvalue weighted by Gasteiger charge is 2.43. The Hall–Kier alpha value is -0.350. The van der Waals surface area contributed by atoms with Crippen LogP contribution in [0.25, 0.3) is 0 Å². The maximum absolute atomic E-state index is 11.8. The third kappa shape index (κ3) is 2.14. The summed E-state index contributed by atoms with van der Waals surface area (Å²) in [5, 5.41) is 0. The first kappa shape index (κ1) is 14.1. The smallest absolute Gasteiger partial charge is 0.344 e. The molecule has 0 amide bonds. The van der Waals surface area contributed by atoms with Gasteiger partial charge in [-0.2, -0.15) is 0 Å². The lowest BCUT2D eigenvalue weighted by atomic mass is 9.62. The molecule has 0 bridgehead atoms. The Morgan fingerprint density at radius 1 is 1.39 bits per heavy atom. The van der Waals surface area contributed by atoms with Crippen molar-refractivity contribution >= 4 is 37.8 Å². The Morgan fingerprint density at radius 3 is 2.50 bits per heavy atom. The van der Waals surface area contributed by atoms with E-state index in [-0.39, 0.29) is 16.8 Å². The van der Waals surface area contributed by atoms with Gasteiger partial charge < -0.3 is 4.74 Å². The highest BCUT2D eigenvalue weighted by Crippen LogP contribution is 2.51. The Balaban J connectivity index is 2.48. The van der Waals surface area contributed by atoms with Crippen molar-refractivity contribution in [1.82, 2.24) is 0 Å². The summed E-state index contributed by atoms with van der Waals surface area (Å²) in [6.45, 7) is 8.86. The van der Waals surface area contributed by atoms with E-state index in [4.69, 9.17) is 4.74 Å². The van der Waals surface area contributed by atoms with Crippen molar-refractivity contribution < 1.29 is 9.53 Å². The maximum atomic E-state index is 11.8. The van der Waals surface area contributed by atoms with Gasteiger partial charge in [0.15, 0.2) is 5.76 Å². The van der Waals surface area contributed by atoms with Crippen molar-refractivity contribution in [2.24, 2.45) is 10.8 Å². The van der Waals surface area contributed by atoms with Crippen LogP contribution in [0.5, 0.6) is 0 Å². The largest absolute Gasteiger partial charge is 0.421 e. The monoisotopic (exact) mass is 374 g/mol. The molecule has 1 heterocycles. The van der Waals surface area contributed by atoms with Gasteiger partial charge in [0, 0.05) is 5.57 Å². The quantitative estimate of drug-likeness (QED) is 0.568. The van der Waals surface area contributed by atoms with Crippen molar-refractivity contribution in [3.8, 4) is 0 Å². The van der Waals surface area contributed by atoms with Crippen LogP contribution in [0.3, 0.4) is 0 Å². The first-order valence-electron chi connectivity index (χ1n) is 5.86. The van der Waals surface area contributed by atoms with Crippen LogP contribution in [0.1, 0.15) is 34.1 Å². The van der Waals surface area contributed by atoms with Gasteiger partial charge in [-0.05, 0) is 49.1 Å². The van der Waals surface area contributed by atoms with Crippen molar-refractivity contribution in [3.05, 3.63) is 32.4 Å². The molecule has 2 aliphatic rings. The standard InChI is InChI=1S/C14H16Br2O2/c1-13(2,3)14(4)6-5-8-9(7-14)10(11(15)16)18-12(8)17/h5-6H,7H2,1-4H3. The molecule has 4 heteroatoms. The Labute approximate surface area is 124 Å². The van der Waals surface area contributed by atoms with Gasteiger partial charge in [-0.3, -0.25) is 0 Å². The Morgan fingerprint density at radius 2 is 2.00 bits per heavy atom. The lowest BCUT2D eigenvalue weighted by Gasteiger charge is -2.41. The van der Waals surface area contributed by atoms with E-state index in [1.54, 1.807) is 0 Å². The number of rotatable bonds is 0. The molecule has 0 aromatic heterocycles. The number of halogens is 2. The minimum atomic E-state index is -0.261. The van der Waals surface area contributed by atoms with Crippen LogP contribution in [-0.2, 0) is 9.53 Å². The number of allylic oxidation sites excluding steroid dienone is 2. The Kier molecular flexibility index (Phi) is 3.39. The van der Waals surface area contributed by atoms with Crippen LogP contribution >= 0.6 is 31.9 Å². The number of carbonyl (C=O) groups is 1. The molecule has 1 atom stereocenters. The molecule has 1 aliphatic heterocycles. The second-order valence-electron chi connectivity index (χ2n) is 6.05. The minimum Gasteiger partial charge on any atom is -0.421 e. The Bertz CT molecular complexity index is 502. The van der Waals surface area contributed by atoms with Gasteiger partial charge in [0.2, 0.25) is 0 Å². The summed E-state index contributed by atoms with van der Waals surface area (Å²) >= 11 is 6.68. The molecule has 1 unspecified atom stereocenters. The fraction of sp³-hybridized carbons (Fsp3) is 0.500. The van der Waals surface area contributed by atoms with Crippen LogP contribution < -0.4 is 0 Å². The van der Waals surface area contributed by atoms with E-state index in [2.05, 4.69) is 65.6 Å². The maximum Gasteiger partial charge on any atom is 0.344 e. The lowest BCUT2D eigenvalue weighted by Crippen LogP contribution is -2.32. The van der Waals surface area contributed by atoms with E-state index in [9.17, 15) is 4.79 Å². The van der Waals surface area contributed by atoms with Gasteiger partial charge in [0.1, 0.15) is 3.39 Å². The van der Waals surface area contributed by atoms with E-state index in [1.165, 1.54) is 0 Å². The summed E-state index contributed by atoms with van der Waals surface area (Å²) in [4.78, 5) is 11.8. The molecular weight excluding hydrogens is 360 g/mol. The summed E-state index contributed by atoms with van der Waals surface area (Å²) in [5.41, 5.74) is 1.81. The highest BCUT2D eigenvalue weighted by atomic mass is 79.9. The average molecular weight is 376 g/mol. The van der Waals surface area contributed by atoms with Crippen molar-refractivity contribution in [3.63, 3.8) is 0 Å². The van der Waals surface area contributed by atoms with Gasteiger partial charge in [0.25, 0.3) is 0 Å². The molecule has 0 saturated heterocycles. The van der Waals surface area contributed by atoms with E-state index < -0.39 is 0 Å². The fourth-order valence-electron chi connectivity index (χ4n) is 2.16. The minimum absolute atomic E-state index is 0.0144. The average Bonchev–Trinajstić information content (AvgIpc) is 2.54. The normalized spacial score (nSPS) is 27.4. The molecule has 0 aromatic rings. The van der Waals surface area contributed by atoms with Crippen LogP contribution in [0.15, 0.2) is 32.4 Å². The molecule has 18 heavy (non-hydrogen) atoms. The van der Waals surface area contributed by atoms with Crippen molar-refractivity contribution in [2.45, 2.75) is 34.1 Å². The molecule has 0 N–H and O–H groups in total. The van der Waals surface area contributed by atoms with Gasteiger partial charge in [0.05, 0.1) is 5.57 Å². The molecule has 1 aliphatic carbocycles. The highest BCUT2D eigenvalue weighted by molar-refractivity contribution is 9.28. The van der Waals surface area contributed by atoms with Crippen molar-refractivity contribution in [1.29, 1.82) is 0 Å². The zero-order valence-corrected chi connectivity index (χ0v) is 14.1. The predicted molar refractivity (Wildman–Crippen MR) is 79.3 cm³/mol. The molecule has 0 aromatic carbocycles. The molecule has 0 spiro atoms. The van der Waals surface area contributed by atoms with Crippen LogP contribution in [0, 0.1) is 10.8 Å². The third-order valence-electron chi connectivity index (χ3n) is 4.06. The number of hydrogen-bond acceptors (Lipinski definition) is 2. The molecule has 2 nitrogen and oxygen atoms in total. The summed E-state index contributed by atoms with van der Waals surface area (Å²) in [5.74, 6) is 0.360. The van der Waals surface area contributed by atoms with E-state index in [0.717, 1.165) is 12.0 Å². The number of cyclic esters (lactones) is 1. The first-order valence-corrected chi connectivity index (χ1v) is 7.44. The number of carbonyl (C=O) groups excluding carboxylic acids is 1. The zero-order valence-electron chi connectivity index (χ0n) is 10.9. The second kappa shape index (κ2) is 4.34. The zero-order chi connectivity index (χ0) is 13.7. The molecule has 2 rings (SSSR count). The molecular formula is C14H16Br2O2. The molecule has 0 saturated carbocycles. The molecule has 98 valence electrons. The SMILES string of the molecule is CC(C)(C)C1(C)C=CC2=C(C1)C(=C(Br)Br)OC2=O. The third-order valence-corrected chi connectivity index (χ3v) is 4.78. The summed E-state index contributed by atoms with van der Waals surface area (Å²) in [7, 11) is 0. The summed E-state index contributed by atoms with van der Waals surface area (Å²) < 4.78 is 5.99. The second-order valence-corrected chi connectivity index (χ2v) is 8.70.